The number of methoxy groups -OCH3 is 2. The molecule has 1 amide bonds. The predicted molar refractivity (Wildman–Crippen MR) is 125 cm³/mol. The lowest BCUT2D eigenvalue weighted by Crippen LogP contribution is -2.15. The molecule has 1 N–H and O–H groups in total. The van der Waals surface area contributed by atoms with Crippen LogP contribution in [0, 0.1) is 6.92 Å². The summed E-state index contributed by atoms with van der Waals surface area (Å²) in [7, 11) is 3.20. The van der Waals surface area contributed by atoms with Crippen LogP contribution in [0.25, 0.3) is 16.4 Å². The molecule has 0 saturated carbocycles. The third-order valence-electron chi connectivity index (χ3n) is 4.53. The number of amides is 1. The molecule has 0 atom stereocenters. The average molecular weight is 499 g/mol. The summed E-state index contributed by atoms with van der Waals surface area (Å²) in [5.74, 6) is 1.62. The van der Waals surface area contributed by atoms with Crippen molar-refractivity contribution in [3.63, 3.8) is 0 Å². The predicted octanol–water partition coefficient (Wildman–Crippen LogP) is 5.34. The SMILES string of the molecule is COc1ccc(-c2csc(-n3nc(C)cc3NC(=O)c3ccc(Br)cc3)n2)cc1OC. The molecule has 0 spiro atoms. The Labute approximate surface area is 191 Å². The standard InChI is InChI=1S/C22H19BrN4O3S/c1-13-10-20(25-21(28)14-4-7-16(23)8-5-14)27(26-13)22-24-17(12-31-22)15-6-9-18(29-2)19(11-15)30-3/h4-12H,1-3H3,(H,25,28). The highest BCUT2D eigenvalue weighted by Gasteiger charge is 2.16. The van der Waals surface area contributed by atoms with Crippen molar-refractivity contribution in [3.8, 4) is 27.9 Å². The fraction of sp³-hybridized carbons (Fsp3) is 0.136. The van der Waals surface area contributed by atoms with Crippen LogP contribution in [0.1, 0.15) is 16.1 Å². The van der Waals surface area contributed by atoms with E-state index in [1.165, 1.54) is 11.3 Å². The molecular formula is C22H19BrN4O3S. The fourth-order valence-corrected chi connectivity index (χ4v) is 4.07. The number of thiazole rings is 1. The van der Waals surface area contributed by atoms with E-state index in [1.807, 2.05) is 48.7 Å². The number of nitrogens with zero attached hydrogens (tertiary/aromatic N) is 3. The number of aromatic nitrogens is 3. The fourth-order valence-electron chi connectivity index (χ4n) is 3.01. The summed E-state index contributed by atoms with van der Waals surface area (Å²) in [6, 6.07) is 14.6. The van der Waals surface area contributed by atoms with E-state index < -0.39 is 0 Å². The van der Waals surface area contributed by atoms with Crippen LogP contribution in [0.3, 0.4) is 0 Å². The number of anilines is 1. The van der Waals surface area contributed by atoms with Gasteiger partial charge in [0.2, 0.25) is 5.13 Å². The van der Waals surface area contributed by atoms with Crippen LogP contribution < -0.4 is 14.8 Å². The van der Waals surface area contributed by atoms with Crippen LogP contribution in [-0.4, -0.2) is 34.9 Å². The van der Waals surface area contributed by atoms with E-state index in [1.54, 1.807) is 31.0 Å². The van der Waals surface area contributed by atoms with Gasteiger partial charge >= 0.3 is 0 Å². The first-order chi connectivity index (χ1) is 15.0. The number of carbonyl (C=O) groups excluding carboxylic acids is 1. The highest BCUT2D eigenvalue weighted by molar-refractivity contribution is 9.10. The van der Waals surface area contributed by atoms with Crippen molar-refractivity contribution in [3.05, 3.63) is 69.6 Å². The molecule has 0 aliphatic rings. The molecule has 2 aromatic heterocycles. The van der Waals surface area contributed by atoms with Gasteiger partial charge in [-0.1, -0.05) is 15.9 Å². The summed E-state index contributed by atoms with van der Waals surface area (Å²) in [5.41, 5.74) is 3.00. The smallest absolute Gasteiger partial charge is 0.256 e. The Hall–Kier alpha value is -3.17. The second-order valence-electron chi connectivity index (χ2n) is 6.63. The van der Waals surface area contributed by atoms with Crippen molar-refractivity contribution in [2.75, 3.05) is 19.5 Å². The molecule has 0 bridgehead atoms. The number of benzene rings is 2. The van der Waals surface area contributed by atoms with E-state index in [-0.39, 0.29) is 5.91 Å². The topological polar surface area (TPSA) is 78.3 Å². The number of ether oxygens (including phenoxy) is 2. The van der Waals surface area contributed by atoms with Gasteiger partial charge in [-0.15, -0.1) is 11.3 Å². The summed E-state index contributed by atoms with van der Waals surface area (Å²) in [6.45, 7) is 1.87. The quantitative estimate of drug-likeness (QED) is 0.388. The maximum absolute atomic E-state index is 12.7. The Morgan fingerprint density at radius 1 is 1.06 bits per heavy atom. The third kappa shape index (κ3) is 4.47. The van der Waals surface area contributed by atoms with Crippen molar-refractivity contribution in [2.24, 2.45) is 0 Å². The van der Waals surface area contributed by atoms with E-state index in [2.05, 4.69) is 26.3 Å². The van der Waals surface area contributed by atoms with E-state index in [0.717, 1.165) is 21.4 Å². The minimum atomic E-state index is -0.217. The second kappa shape index (κ2) is 8.91. The number of halogens is 1. The summed E-state index contributed by atoms with van der Waals surface area (Å²) in [4.78, 5) is 17.4. The van der Waals surface area contributed by atoms with E-state index in [0.29, 0.717) is 28.0 Å². The zero-order chi connectivity index (χ0) is 22.0. The molecule has 7 nitrogen and oxygen atoms in total. The number of aryl methyl sites for hydroxylation is 1. The van der Waals surface area contributed by atoms with E-state index in [4.69, 9.17) is 14.5 Å². The second-order valence-corrected chi connectivity index (χ2v) is 8.38. The van der Waals surface area contributed by atoms with E-state index >= 15 is 0 Å². The molecule has 0 saturated heterocycles. The Morgan fingerprint density at radius 2 is 1.81 bits per heavy atom. The number of nitrogens with one attached hydrogen (secondary N) is 1. The molecule has 9 heteroatoms. The molecule has 31 heavy (non-hydrogen) atoms. The summed E-state index contributed by atoms with van der Waals surface area (Å²) < 4.78 is 13.2. The van der Waals surface area contributed by atoms with Gasteiger partial charge in [-0.05, 0) is 49.4 Å². The lowest BCUT2D eigenvalue weighted by molar-refractivity contribution is 0.102. The van der Waals surface area contributed by atoms with Gasteiger partial charge in [0, 0.05) is 27.0 Å². The van der Waals surface area contributed by atoms with Crippen LogP contribution in [0.2, 0.25) is 0 Å². The van der Waals surface area contributed by atoms with Crippen LogP contribution in [0.5, 0.6) is 11.5 Å². The summed E-state index contributed by atoms with van der Waals surface area (Å²) in [6.07, 6.45) is 0. The Morgan fingerprint density at radius 3 is 2.52 bits per heavy atom. The molecule has 2 heterocycles. The van der Waals surface area contributed by atoms with Crippen molar-refractivity contribution >= 4 is 39.0 Å². The zero-order valence-corrected chi connectivity index (χ0v) is 19.5. The Kier molecular flexibility index (Phi) is 6.06. The molecular weight excluding hydrogens is 480 g/mol. The lowest BCUT2D eigenvalue weighted by Gasteiger charge is -2.08. The Bertz CT molecular complexity index is 1230. The molecule has 0 fully saturated rings. The van der Waals surface area contributed by atoms with Gasteiger partial charge in [0.25, 0.3) is 5.91 Å². The Balaban J connectivity index is 1.62. The molecule has 4 rings (SSSR count). The molecule has 4 aromatic rings. The van der Waals surface area contributed by atoms with Crippen LogP contribution in [-0.2, 0) is 0 Å². The van der Waals surface area contributed by atoms with Crippen LogP contribution >= 0.6 is 27.3 Å². The highest BCUT2D eigenvalue weighted by atomic mass is 79.9. The van der Waals surface area contributed by atoms with Gasteiger partial charge in [0.1, 0.15) is 5.82 Å². The molecule has 0 aliphatic carbocycles. The van der Waals surface area contributed by atoms with Crippen LogP contribution in [0.15, 0.2) is 58.4 Å². The first-order valence-electron chi connectivity index (χ1n) is 9.30. The van der Waals surface area contributed by atoms with Gasteiger partial charge in [0.05, 0.1) is 25.6 Å². The van der Waals surface area contributed by atoms with Gasteiger partial charge in [-0.25, -0.2) is 4.98 Å². The largest absolute Gasteiger partial charge is 0.493 e. The highest BCUT2D eigenvalue weighted by Crippen LogP contribution is 2.33. The van der Waals surface area contributed by atoms with Crippen molar-refractivity contribution in [1.29, 1.82) is 0 Å². The molecule has 0 aliphatic heterocycles. The monoisotopic (exact) mass is 498 g/mol. The third-order valence-corrected chi connectivity index (χ3v) is 5.88. The number of hydrogen-bond donors (Lipinski definition) is 1. The minimum Gasteiger partial charge on any atom is -0.493 e. The molecule has 2 aromatic carbocycles. The lowest BCUT2D eigenvalue weighted by atomic mass is 10.1. The van der Waals surface area contributed by atoms with Gasteiger partial charge in [-0.2, -0.15) is 9.78 Å². The maximum Gasteiger partial charge on any atom is 0.256 e. The number of rotatable bonds is 6. The van der Waals surface area contributed by atoms with Gasteiger partial charge in [-0.3, -0.25) is 4.79 Å². The molecule has 158 valence electrons. The molecule has 0 radical (unpaired) electrons. The van der Waals surface area contributed by atoms with Crippen molar-refractivity contribution in [1.82, 2.24) is 14.8 Å². The van der Waals surface area contributed by atoms with Crippen molar-refractivity contribution in [2.45, 2.75) is 6.92 Å². The van der Waals surface area contributed by atoms with Crippen LogP contribution in [0.4, 0.5) is 5.82 Å². The number of hydrogen-bond acceptors (Lipinski definition) is 6. The van der Waals surface area contributed by atoms with Crippen molar-refractivity contribution < 1.29 is 14.3 Å². The molecule has 0 unspecified atom stereocenters. The van der Waals surface area contributed by atoms with Gasteiger partial charge < -0.3 is 14.8 Å². The first-order valence-corrected chi connectivity index (χ1v) is 11.0. The zero-order valence-electron chi connectivity index (χ0n) is 17.0. The first kappa shape index (κ1) is 21.1. The van der Waals surface area contributed by atoms with Gasteiger partial charge in [0.15, 0.2) is 11.5 Å². The number of carbonyl (C=O) groups is 1. The van der Waals surface area contributed by atoms with E-state index in [9.17, 15) is 4.79 Å². The minimum absolute atomic E-state index is 0.217. The normalized spacial score (nSPS) is 10.7. The summed E-state index contributed by atoms with van der Waals surface area (Å²) in [5, 5.41) is 10.0. The summed E-state index contributed by atoms with van der Waals surface area (Å²) >= 11 is 4.81. The average Bonchev–Trinajstić information content (AvgIpc) is 3.40. The maximum atomic E-state index is 12.7.